The number of anilines is 1. The Kier molecular flexibility index (Phi) is 3.40. The molecule has 0 atom stereocenters. The summed E-state index contributed by atoms with van der Waals surface area (Å²) in [5.74, 6) is 0.158. The number of rotatable bonds is 3. The third-order valence-corrected chi connectivity index (χ3v) is 1.38. The molecule has 68 valence electrons. The Morgan fingerprint density at radius 3 is 3.08 bits per heavy atom. The minimum Gasteiger partial charge on any atom is -0.309 e. The number of hydrogen-bond acceptors (Lipinski definition) is 3. The fourth-order valence-corrected chi connectivity index (χ4v) is 0.875. The zero-order valence-electron chi connectivity index (χ0n) is 6.83. The smallest absolute Gasteiger partial charge is 0.229 e. The van der Waals surface area contributed by atoms with Crippen molar-refractivity contribution in [3.8, 4) is 0 Å². The number of carbonyl (C=O) groups is 1. The lowest BCUT2D eigenvalue weighted by Gasteiger charge is -2.00. The summed E-state index contributed by atoms with van der Waals surface area (Å²) in [4.78, 5) is 18.6. The molecule has 0 aliphatic carbocycles. The van der Waals surface area contributed by atoms with Gasteiger partial charge in [-0.2, -0.15) is 0 Å². The molecule has 0 bridgehead atoms. The molecule has 0 aromatic carbocycles. The van der Waals surface area contributed by atoms with Crippen LogP contribution in [-0.4, -0.2) is 15.9 Å². The third-order valence-electron chi connectivity index (χ3n) is 1.20. The second-order valence-electron chi connectivity index (χ2n) is 2.27. The van der Waals surface area contributed by atoms with Crippen LogP contribution in [0.4, 0.5) is 5.82 Å². The molecular weight excluding hydrogens is 190 g/mol. The number of amides is 1. The van der Waals surface area contributed by atoms with Crippen LogP contribution in [0.15, 0.2) is 25.0 Å². The summed E-state index contributed by atoms with van der Waals surface area (Å²) in [7, 11) is 0. The second kappa shape index (κ2) is 4.57. The Balaban J connectivity index is 2.63. The van der Waals surface area contributed by atoms with Gasteiger partial charge in [0.2, 0.25) is 5.91 Å². The Bertz CT molecular complexity index is 327. The highest BCUT2D eigenvalue weighted by molar-refractivity contribution is 6.29. The molecule has 1 aromatic heterocycles. The van der Waals surface area contributed by atoms with Gasteiger partial charge in [0.15, 0.2) is 5.82 Å². The lowest BCUT2D eigenvalue weighted by atomic mass is 10.4. The van der Waals surface area contributed by atoms with Crippen LogP contribution in [0.3, 0.4) is 0 Å². The summed E-state index contributed by atoms with van der Waals surface area (Å²) in [5, 5.41) is 2.76. The van der Waals surface area contributed by atoms with Gasteiger partial charge in [-0.1, -0.05) is 17.7 Å². The molecule has 1 N–H and O–H groups in total. The van der Waals surface area contributed by atoms with Crippen molar-refractivity contribution in [2.24, 2.45) is 0 Å². The third kappa shape index (κ3) is 3.21. The molecular formula is C8H8ClN3O. The Morgan fingerprint density at radius 1 is 1.69 bits per heavy atom. The molecule has 0 spiro atoms. The van der Waals surface area contributed by atoms with Gasteiger partial charge in [0.05, 0.1) is 12.4 Å². The molecule has 4 nitrogen and oxygen atoms in total. The largest absolute Gasteiger partial charge is 0.309 e. The SMILES string of the molecule is C=CCC(=O)Nc1cncc(Cl)n1. The minimum absolute atomic E-state index is 0.188. The van der Waals surface area contributed by atoms with Crippen LogP contribution in [0.2, 0.25) is 5.15 Å². The first-order valence-corrected chi connectivity index (χ1v) is 3.98. The van der Waals surface area contributed by atoms with Crippen molar-refractivity contribution in [2.45, 2.75) is 6.42 Å². The van der Waals surface area contributed by atoms with Gasteiger partial charge >= 0.3 is 0 Å². The molecule has 0 saturated carbocycles. The van der Waals surface area contributed by atoms with E-state index in [1.165, 1.54) is 18.5 Å². The first kappa shape index (κ1) is 9.67. The fraction of sp³-hybridized carbons (Fsp3) is 0.125. The van der Waals surface area contributed by atoms with E-state index < -0.39 is 0 Å². The van der Waals surface area contributed by atoms with Crippen LogP contribution in [0.1, 0.15) is 6.42 Å². The molecule has 0 fully saturated rings. The maximum atomic E-state index is 11.0. The molecule has 1 rings (SSSR count). The zero-order valence-corrected chi connectivity index (χ0v) is 7.58. The van der Waals surface area contributed by atoms with E-state index in [9.17, 15) is 4.79 Å². The molecule has 0 saturated heterocycles. The maximum absolute atomic E-state index is 11.0. The number of nitrogens with zero attached hydrogens (tertiary/aromatic N) is 2. The number of nitrogens with one attached hydrogen (secondary N) is 1. The average Bonchev–Trinajstić information content (AvgIpc) is 2.04. The van der Waals surface area contributed by atoms with E-state index >= 15 is 0 Å². The second-order valence-corrected chi connectivity index (χ2v) is 2.66. The predicted octanol–water partition coefficient (Wildman–Crippen LogP) is 1.64. The zero-order chi connectivity index (χ0) is 9.68. The molecule has 0 aliphatic heterocycles. The van der Waals surface area contributed by atoms with Crippen molar-refractivity contribution < 1.29 is 4.79 Å². The van der Waals surface area contributed by atoms with Crippen molar-refractivity contribution in [1.29, 1.82) is 0 Å². The van der Waals surface area contributed by atoms with Gasteiger partial charge in [0, 0.05) is 6.42 Å². The van der Waals surface area contributed by atoms with Gasteiger partial charge in [-0.3, -0.25) is 9.78 Å². The van der Waals surface area contributed by atoms with Gasteiger partial charge in [0.1, 0.15) is 5.15 Å². The molecule has 13 heavy (non-hydrogen) atoms. The van der Waals surface area contributed by atoms with Crippen molar-refractivity contribution in [1.82, 2.24) is 9.97 Å². The summed E-state index contributed by atoms with van der Waals surface area (Å²) < 4.78 is 0. The lowest BCUT2D eigenvalue weighted by molar-refractivity contribution is -0.115. The summed E-state index contributed by atoms with van der Waals surface area (Å²) >= 11 is 5.56. The Labute approximate surface area is 80.7 Å². The number of aromatic nitrogens is 2. The fourth-order valence-electron chi connectivity index (χ4n) is 0.727. The van der Waals surface area contributed by atoms with E-state index in [1.807, 2.05) is 0 Å². The first-order chi connectivity index (χ1) is 6.22. The topological polar surface area (TPSA) is 54.9 Å². The van der Waals surface area contributed by atoms with Crippen molar-refractivity contribution in [2.75, 3.05) is 5.32 Å². The molecule has 1 heterocycles. The summed E-state index contributed by atoms with van der Waals surface area (Å²) in [6.45, 7) is 3.44. The van der Waals surface area contributed by atoms with Gasteiger partial charge in [0.25, 0.3) is 0 Å². The highest BCUT2D eigenvalue weighted by Gasteiger charge is 2.00. The molecule has 5 heteroatoms. The van der Waals surface area contributed by atoms with Crippen LogP contribution in [0.5, 0.6) is 0 Å². The van der Waals surface area contributed by atoms with E-state index in [2.05, 4.69) is 21.9 Å². The molecule has 1 amide bonds. The predicted molar refractivity (Wildman–Crippen MR) is 50.5 cm³/mol. The van der Waals surface area contributed by atoms with Gasteiger partial charge in [-0.25, -0.2) is 4.98 Å². The van der Waals surface area contributed by atoms with Crippen LogP contribution >= 0.6 is 11.6 Å². The molecule has 1 aromatic rings. The summed E-state index contributed by atoms with van der Waals surface area (Å²) in [6.07, 6.45) is 4.57. The van der Waals surface area contributed by atoms with E-state index in [4.69, 9.17) is 11.6 Å². The van der Waals surface area contributed by atoms with Crippen LogP contribution in [-0.2, 0) is 4.79 Å². The van der Waals surface area contributed by atoms with Crippen molar-refractivity contribution >= 4 is 23.3 Å². The van der Waals surface area contributed by atoms with Crippen LogP contribution in [0.25, 0.3) is 0 Å². The number of hydrogen-bond donors (Lipinski definition) is 1. The highest BCUT2D eigenvalue weighted by atomic mass is 35.5. The number of halogens is 1. The Morgan fingerprint density at radius 2 is 2.46 bits per heavy atom. The molecule has 0 radical (unpaired) electrons. The van der Waals surface area contributed by atoms with Crippen LogP contribution in [0, 0.1) is 0 Å². The van der Waals surface area contributed by atoms with E-state index in [1.54, 1.807) is 0 Å². The average molecular weight is 198 g/mol. The molecule has 0 aliphatic rings. The monoisotopic (exact) mass is 197 g/mol. The van der Waals surface area contributed by atoms with Crippen molar-refractivity contribution in [3.63, 3.8) is 0 Å². The summed E-state index contributed by atoms with van der Waals surface area (Å²) in [5.41, 5.74) is 0. The maximum Gasteiger partial charge on any atom is 0.229 e. The normalized spacial score (nSPS) is 9.31. The van der Waals surface area contributed by atoms with Crippen LogP contribution < -0.4 is 5.32 Å². The summed E-state index contributed by atoms with van der Waals surface area (Å²) in [6, 6.07) is 0. The first-order valence-electron chi connectivity index (χ1n) is 3.60. The Hall–Kier alpha value is -1.42. The minimum atomic E-state index is -0.188. The van der Waals surface area contributed by atoms with Gasteiger partial charge in [-0.05, 0) is 0 Å². The van der Waals surface area contributed by atoms with E-state index in [0.717, 1.165) is 0 Å². The van der Waals surface area contributed by atoms with E-state index in [-0.39, 0.29) is 17.5 Å². The molecule has 0 unspecified atom stereocenters. The van der Waals surface area contributed by atoms with Gasteiger partial charge < -0.3 is 5.32 Å². The lowest BCUT2D eigenvalue weighted by Crippen LogP contribution is -2.11. The standard InChI is InChI=1S/C8H8ClN3O/c1-2-3-8(13)12-7-5-10-4-6(9)11-7/h2,4-5H,1,3H2,(H,11,12,13). The van der Waals surface area contributed by atoms with E-state index in [0.29, 0.717) is 5.82 Å². The quantitative estimate of drug-likeness (QED) is 0.750. The number of carbonyl (C=O) groups excluding carboxylic acids is 1. The van der Waals surface area contributed by atoms with Crippen molar-refractivity contribution in [3.05, 3.63) is 30.2 Å². The highest BCUT2D eigenvalue weighted by Crippen LogP contribution is 2.06. The van der Waals surface area contributed by atoms with Gasteiger partial charge in [-0.15, -0.1) is 6.58 Å².